The molecule has 1 N–H and O–H groups in total. The highest BCUT2D eigenvalue weighted by atomic mass is 79.9. The summed E-state index contributed by atoms with van der Waals surface area (Å²) in [5, 5.41) is 3.10. The lowest BCUT2D eigenvalue weighted by atomic mass is 10.5. The van der Waals surface area contributed by atoms with Crippen LogP contribution in [-0.4, -0.2) is 15.0 Å². The van der Waals surface area contributed by atoms with Gasteiger partial charge in [0.05, 0.1) is 12.7 Å². The van der Waals surface area contributed by atoms with Crippen LogP contribution in [0.15, 0.2) is 27.6 Å². The molecule has 2 heterocycles. The van der Waals surface area contributed by atoms with Gasteiger partial charge in [0.2, 0.25) is 0 Å². The van der Waals surface area contributed by atoms with Crippen molar-refractivity contribution in [2.45, 2.75) is 13.5 Å². The number of halogens is 1. The normalized spacial score (nSPS) is 10.3. The summed E-state index contributed by atoms with van der Waals surface area (Å²) >= 11 is 3.27. The fraction of sp³-hybridized carbons (Fsp3) is 0.222. The Labute approximate surface area is 95.1 Å². The van der Waals surface area contributed by atoms with Crippen LogP contribution in [0.3, 0.4) is 0 Å². The highest BCUT2D eigenvalue weighted by molar-refractivity contribution is 9.10. The molecule has 15 heavy (non-hydrogen) atoms. The Kier molecular flexibility index (Phi) is 2.96. The number of oxazole rings is 1. The molecule has 0 fully saturated rings. The summed E-state index contributed by atoms with van der Waals surface area (Å²) in [5.41, 5.74) is 0. The van der Waals surface area contributed by atoms with Crippen molar-refractivity contribution < 1.29 is 4.42 Å². The second-order valence-electron chi connectivity index (χ2n) is 2.93. The Morgan fingerprint density at radius 3 is 2.93 bits per heavy atom. The van der Waals surface area contributed by atoms with E-state index >= 15 is 0 Å². The maximum Gasteiger partial charge on any atom is 0.191 e. The highest BCUT2D eigenvalue weighted by Crippen LogP contribution is 2.11. The first kappa shape index (κ1) is 10.1. The molecule has 0 saturated heterocycles. The van der Waals surface area contributed by atoms with Crippen molar-refractivity contribution in [3.8, 4) is 0 Å². The Hall–Kier alpha value is -1.43. The summed E-state index contributed by atoms with van der Waals surface area (Å²) in [4.78, 5) is 12.0. The zero-order chi connectivity index (χ0) is 10.7. The molecule has 5 nitrogen and oxygen atoms in total. The fourth-order valence-corrected chi connectivity index (χ4v) is 1.40. The summed E-state index contributed by atoms with van der Waals surface area (Å²) in [5.74, 6) is 2.18. The first-order valence-electron chi connectivity index (χ1n) is 4.37. The number of anilines is 1. The average molecular weight is 269 g/mol. The number of hydrogen-bond acceptors (Lipinski definition) is 5. The molecule has 78 valence electrons. The van der Waals surface area contributed by atoms with Crippen LogP contribution in [0.2, 0.25) is 0 Å². The molecule has 0 radical (unpaired) electrons. The molecule has 0 amide bonds. The van der Waals surface area contributed by atoms with Gasteiger partial charge in [0, 0.05) is 13.0 Å². The summed E-state index contributed by atoms with van der Waals surface area (Å²) in [6.45, 7) is 2.37. The molecular formula is C9H9BrN4O. The van der Waals surface area contributed by atoms with Gasteiger partial charge < -0.3 is 9.73 Å². The second kappa shape index (κ2) is 4.39. The van der Waals surface area contributed by atoms with E-state index in [9.17, 15) is 0 Å². The summed E-state index contributed by atoms with van der Waals surface area (Å²) in [6.07, 6.45) is 3.18. The van der Waals surface area contributed by atoms with Crippen LogP contribution in [-0.2, 0) is 6.54 Å². The minimum Gasteiger partial charge on any atom is -0.444 e. The van der Waals surface area contributed by atoms with E-state index < -0.39 is 0 Å². The topological polar surface area (TPSA) is 63.8 Å². The minimum absolute atomic E-state index is 0.560. The summed E-state index contributed by atoms with van der Waals surface area (Å²) < 4.78 is 6.05. The highest BCUT2D eigenvalue weighted by Gasteiger charge is 2.00. The van der Waals surface area contributed by atoms with Crippen LogP contribution in [0, 0.1) is 6.92 Å². The molecule has 0 atom stereocenters. The SMILES string of the molecule is Cc1ncc(CNc2cc(Br)ncn2)o1. The third kappa shape index (κ3) is 2.76. The lowest BCUT2D eigenvalue weighted by Gasteiger charge is -2.02. The predicted octanol–water partition coefficient (Wildman–Crippen LogP) is 2.15. The number of aromatic nitrogens is 3. The van der Waals surface area contributed by atoms with Gasteiger partial charge in [-0.2, -0.15) is 0 Å². The molecule has 2 rings (SSSR count). The molecular weight excluding hydrogens is 260 g/mol. The minimum atomic E-state index is 0.560. The standard InChI is InChI=1S/C9H9BrN4O/c1-6-11-3-7(15-6)4-12-9-2-8(10)13-5-14-9/h2-3,5H,4H2,1H3,(H,12,13,14). The van der Waals surface area contributed by atoms with Gasteiger partial charge in [-0.05, 0) is 15.9 Å². The van der Waals surface area contributed by atoms with E-state index in [1.807, 2.05) is 6.92 Å². The van der Waals surface area contributed by atoms with Crippen LogP contribution in [0.1, 0.15) is 11.7 Å². The lowest BCUT2D eigenvalue weighted by molar-refractivity contribution is 0.481. The van der Waals surface area contributed by atoms with Gasteiger partial charge in [0.1, 0.15) is 22.5 Å². The van der Waals surface area contributed by atoms with Crippen molar-refractivity contribution in [1.29, 1.82) is 0 Å². The number of nitrogens with one attached hydrogen (secondary N) is 1. The largest absolute Gasteiger partial charge is 0.444 e. The third-order valence-electron chi connectivity index (χ3n) is 1.75. The van der Waals surface area contributed by atoms with E-state index in [4.69, 9.17) is 4.42 Å². The molecule has 0 spiro atoms. The van der Waals surface area contributed by atoms with Gasteiger partial charge in [-0.1, -0.05) is 0 Å². The van der Waals surface area contributed by atoms with E-state index in [1.165, 1.54) is 6.33 Å². The number of rotatable bonds is 3. The van der Waals surface area contributed by atoms with E-state index in [-0.39, 0.29) is 0 Å². The van der Waals surface area contributed by atoms with Crippen molar-refractivity contribution in [3.05, 3.63) is 34.8 Å². The second-order valence-corrected chi connectivity index (χ2v) is 3.74. The Morgan fingerprint density at radius 2 is 2.27 bits per heavy atom. The molecule has 2 aromatic rings. The number of hydrogen-bond donors (Lipinski definition) is 1. The maximum atomic E-state index is 5.31. The van der Waals surface area contributed by atoms with E-state index in [1.54, 1.807) is 12.3 Å². The monoisotopic (exact) mass is 268 g/mol. The Balaban J connectivity index is 1.99. The molecule has 0 aliphatic carbocycles. The predicted molar refractivity (Wildman–Crippen MR) is 58.3 cm³/mol. The maximum absolute atomic E-state index is 5.31. The molecule has 0 aromatic carbocycles. The zero-order valence-corrected chi connectivity index (χ0v) is 9.65. The van der Waals surface area contributed by atoms with Gasteiger partial charge in [0.25, 0.3) is 0 Å². The molecule has 6 heteroatoms. The molecule has 0 aliphatic rings. The van der Waals surface area contributed by atoms with Crippen LogP contribution in [0.5, 0.6) is 0 Å². The first-order valence-corrected chi connectivity index (χ1v) is 5.16. The van der Waals surface area contributed by atoms with Crippen LogP contribution < -0.4 is 5.32 Å². The van der Waals surface area contributed by atoms with E-state index in [0.29, 0.717) is 12.4 Å². The van der Waals surface area contributed by atoms with Crippen molar-refractivity contribution >= 4 is 21.7 Å². The Bertz CT molecular complexity index is 457. The quantitative estimate of drug-likeness (QED) is 0.865. The van der Waals surface area contributed by atoms with Gasteiger partial charge >= 0.3 is 0 Å². The third-order valence-corrected chi connectivity index (χ3v) is 2.18. The van der Waals surface area contributed by atoms with Crippen molar-refractivity contribution in [2.24, 2.45) is 0 Å². The number of aryl methyl sites for hydroxylation is 1. The lowest BCUT2D eigenvalue weighted by Crippen LogP contribution is -2.00. The van der Waals surface area contributed by atoms with E-state index in [2.05, 4.69) is 36.2 Å². The van der Waals surface area contributed by atoms with Crippen molar-refractivity contribution in [1.82, 2.24) is 15.0 Å². The molecule has 0 bridgehead atoms. The van der Waals surface area contributed by atoms with Gasteiger partial charge in [-0.25, -0.2) is 15.0 Å². The number of nitrogens with zero attached hydrogens (tertiary/aromatic N) is 3. The molecule has 0 unspecified atom stereocenters. The molecule has 0 aliphatic heterocycles. The van der Waals surface area contributed by atoms with Gasteiger partial charge in [0.15, 0.2) is 5.89 Å². The zero-order valence-electron chi connectivity index (χ0n) is 8.07. The van der Waals surface area contributed by atoms with Gasteiger partial charge in [-0.3, -0.25) is 0 Å². The van der Waals surface area contributed by atoms with Crippen LogP contribution in [0.4, 0.5) is 5.82 Å². The van der Waals surface area contributed by atoms with Crippen molar-refractivity contribution in [2.75, 3.05) is 5.32 Å². The van der Waals surface area contributed by atoms with Crippen LogP contribution in [0.25, 0.3) is 0 Å². The molecule has 0 saturated carbocycles. The van der Waals surface area contributed by atoms with Crippen LogP contribution >= 0.6 is 15.9 Å². The Morgan fingerprint density at radius 1 is 1.40 bits per heavy atom. The van der Waals surface area contributed by atoms with Gasteiger partial charge in [-0.15, -0.1) is 0 Å². The smallest absolute Gasteiger partial charge is 0.191 e. The summed E-state index contributed by atoms with van der Waals surface area (Å²) in [6, 6.07) is 1.79. The summed E-state index contributed by atoms with van der Waals surface area (Å²) in [7, 11) is 0. The average Bonchev–Trinajstić information content (AvgIpc) is 2.62. The first-order chi connectivity index (χ1) is 7.24. The fourth-order valence-electron chi connectivity index (χ4n) is 1.09. The van der Waals surface area contributed by atoms with E-state index in [0.717, 1.165) is 16.2 Å². The molecule has 2 aromatic heterocycles. The van der Waals surface area contributed by atoms with Crippen molar-refractivity contribution in [3.63, 3.8) is 0 Å².